The molecule has 2 fully saturated rings. The van der Waals surface area contributed by atoms with Gasteiger partial charge in [0.1, 0.15) is 5.82 Å². The first-order valence-corrected chi connectivity index (χ1v) is 6.54. The molecule has 94 valence electrons. The summed E-state index contributed by atoms with van der Waals surface area (Å²) in [4.78, 5) is 21.0. The Balaban J connectivity index is 1.83. The van der Waals surface area contributed by atoms with E-state index in [2.05, 4.69) is 20.4 Å². The molecule has 1 saturated carbocycles. The van der Waals surface area contributed by atoms with Crippen LogP contribution < -0.4 is 10.9 Å². The van der Waals surface area contributed by atoms with Gasteiger partial charge in [0.15, 0.2) is 0 Å². The van der Waals surface area contributed by atoms with E-state index in [-0.39, 0.29) is 11.6 Å². The number of hydrogen-bond acceptors (Lipinski definition) is 4. The highest BCUT2D eigenvalue weighted by molar-refractivity contribution is 5.30. The Labute approximate surface area is 103 Å². The zero-order valence-electron chi connectivity index (χ0n) is 10.0. The standard InChI is InChI=1S/C12H15N5O/c18-10-6-9(8-2-1-5-13-8)14-12-15-11(7-3-4-7)16-17(10)12/h6-8,13H,1-5H2,(H,14,15,16). The number of aromatic amines is 1. The number of fused-ring (bicyclic) bond motifs is 1. The van der Waals surface area contributed by atoms with Crippen LogP contribution in [0, 0.1) is 0 Å². The highest BCUT2D eigenvalue weighted by Gasteiger charge is 2.28. The average molecular weight is 245 g/mol. The summed E-state index contributed by atoms with van der Waals surface area (Å²) in [5, 5.41) is 6.41. The van der Waals surface area contributed by atoms with Crippen molar-refractivity contribution in [1.82, 2.24) is 24.9 Å². The fourth-order valence-electron chi connectivity index (χ4n) is 2.57. The minimum atomic E-state index is -0.0666. The number of rotatable bonds is 2. The molecule has 6 heteroatoms. The van der Waals surface area contributed by atoms with Crippen molar-refractivity contribution in [3.63, 3.8) is 0 Å². The highest BCUT2D eigenvalue weighted by atomic mass is 16.1. The van der Waals surface area contributed by atoms with Crippen LogP contribution in [-0.4, -0.2) is 26.1 Å². The lowest BCUT2D eigenvalue weighted by Gasteiger charge is -2.07. The smallest absolute Gasteiger partial charge is 0.274 e. The van der Waals surface area contributed by atoms with Gasteiger partial charge in [-0.15, -0.1) is 0 Å². The van der Waals surface area contributed by atoms with Gasteiger partial charge in [-0.1, -0.05) is 0 Å². The van der Waals surface area contributed by atoms with Crippen LogP contribution in [0.5, 0.6) is 0 Å². The largest absolute Gasteiger partial charge is 0.309 e. The van der Waals surface area contributed by atoms with E-state index in [1.807, 2.05) is 0 Å². The van der Waals surface area contributed by atoms with E-state index < -0.39 is 0 Å². The maximum atomic E-state index is 12.0. The third-order valence-electron chi connectivity index (χ3n) is 3.75. The van der Waals surface area contributed by atoms with E-state index in [1.54, 1.807) is 6.07 Å². The maximum absolute atomic E-state index is 12.0. The fraction of sp³-hybridized carbons (Fsp3) is 0.583. The number of nitrogens with zero attached hydrogens (tertiary/aromatic N) is 3. The van der Waals surface area contributed by atoms with Gasteiger partial charge in [-0.3, -0.25) is 9.89 Å². The van der Waals surface area contributed by atoms with Gasteiger partial charge in [-0.25, -0.2) is 4.98 Å². The molecule has 2 aliphatic rings. The van der Waals surface area contributed by atoms with E-state index in [0.29, 0.717) is 11.7 Å². The number of aromatic nitrogens is 4. The van der Waals surface area contributed by atoms with Crippen molar-refractivity contribution in [2.24, 2.45) is 0 Å². The second-order valence-electron chi connectivity index (χ2n) is 5.19. The first kappa shape index (κ1) is 10.3. The lowest BCUT2D eigenvalue weighted by atomic mass is 10.1. The Bertz CT molecular complexity index is 648. The molecule has 2 N–H and O–H groups in total. The molecule has 2 aromatic heterocycles. The summed E-state index contributed by atoms with van der Waals surface area (Å²) >= 11 is 0. The second kappa shape index (κ2) is 3.65. The quantitative estimate of drug-likeness (QED) is 0.817. The first-order chi connectivity index (χ1) is 8.81. The van der Waals surface area contributed by atoms with E-state index >= 15 is 0 Å². The van der Waals surface area contributed by atoms with Gasteiger partial charge in [0.25, 0.3) is 11.3 Å². The van der Waals surface area contributed by atoms with Gasteiger partial charge in [0, 0.05) is 18.0 Å². The minimum Gasteiger partial charge on any atom is -0.309 e. The molecular formula is C12H15N5O. The van der Waals surface area contributed by atoms with E-state index in [4.69, 9.17) is 0 Å². The van der Waals surface area contributed by atoms with Crippen LogP contribution in [-0.2, 0) is 0 Å². The van der Waals surface area contributed by atoms with E-state index in [1.165, 1.54) is 4.52 Å². The second-order valence-corrected chi connectivity index (χ2v) is 5.19. The summed E-state index contributed by atoms with van der Waals surface area (Å²) in [6, 6.07) is 1.83. The number of H-pyrrole nitrogens is 1. The van der Waals surface area contributed by atoms with Gasteiger partial charge in [0.2, 0.25) is 0 Å². The number of hydrogen-bond donors (Lipinski definition) is 2. The van der Waals surface area contributed by atoms with Gasteiger partial charge in [-0.05, 0) is 32.2 Å². The molecule has 0 amide bonds. The van der Waals surface area contributed by atoms with Crippen LogP contribution in [0.3, 0.4) is 0 Å². The zero-order valence-corrected chi connectivity index (χ0v) is 10.0. The SMILES string of the molecule is O=c1cc(C2CCCN2)nc2nc(C3CC3)[nH]n12. The molecule has 0 spiro atoms. The predicted octanol–water partition coefficient (Wildman–Crippen LogP) is 0.719. The Morgan fingerprint density at radius 2 is 2.17 bits per heavy atom. The van der Waals surface area contributed by atoms with Crippen LogP contribution in [0.15, 0.2) is 10.9 Å². The van der Waals surface area contributed by atoms with Crippen molar-refractivity contribution in [3.8, 4) is 0 Å². The van der Waals surface area contributed by atoms with Crippen LogP contribution in [0.25, 0.3) is 5.78 Å². The van der Waals surface area contributed by atoms with Crippen LogP contribution in [0.4, 0.5) is 0 Å². The summed E-state index contributed by atoms with van der Waals surface area (Å²) in [7, 11) is 0. The average Bonchev–Trinajstić information content (AvgIpc) is 2.92. The van der Waals surface area contributed by atoms with Crippen LogP contribution in [0.1, 0.15) is 49.2 Å². The van der Waals surface area contributed by atoms with E-state index in [0.717, 1.165) is 43.7 Å². The molecule has 1 saturated heterocycles. The van der Waals surface area contributed by atoms with Crippen molar-refractivity contribution in [2.45, 2.75) is 37.6 Å². The van der Waals surface area contributed by atoms with Crippen molar-refractivity contribution >= 4 is 5.78 Å². The van der Waals surface area contributed by atoms with Crippen LogP contribution in [0.2, 0.25) is 0 Å². The molecule has 3 heterocycles. The Morgan fingerprint density at radius 1 is 1.28 bits per heavy atom. The normalized spacial score (nSPS) is 23.9. The molecule has 0 aromatic carbocycles. The van der Waals surface area contributed by atoms with Gasteiger partial charge in [0.05, 0.1) is 5.69 Å². The molecule has 1 atom stereocenters. The highest BCUT2D eigenvalue weighted by Crippen LogP contribution is 2.37. The molecule has 2 aromatic rings. The van der Waals surface area contributed by atoms with Gasteiger partial charge in [-0.2, -0.15) is 9.50 Å². The third kappa shape index (κ3) is 1.56. The van der Waals surface area contributed by atoms with Crippen LogP contribution >= 0.6 is 0 Å². The molecule has 18 heavy (non-hydrogen) atoms. The zero-order chi connectivity index (χ0) is 12.1. The minimum absolute atomic E-state index is 0.0666. The fourth-order valence-corrected chi connectivity index (χ4v) is 2.57. The summed E-state index contributed by atoms with van der Waals surface area (Å²) in [6.07, 6.45) is 4.50. The Kier molecular flexibility index (Phi) is 2.08. The Hall–Kier alpha value is -1.69. The van der Waals surface area contributed by atoms with Crippen molar-refractivity contribution in [3.05, 3.63) is 27.9 Å². The topological polar surface area (TPSA) is 75.1 Å². The monoisotopic (exact) mass is 245 g/mol. The van der Waals surface area contributed by atoms with Crippen molar-refractivity contribution in [2.75, 3.05) is 6.54 Å². The van der Waals surface area contributed by atoms with Gasteiger partial charge < -0.3 is 5.32 Å². The van der Waals surface area contributed by atoms with Crippen molar-refractivity contribution < 1.29 is 0 Å². The summed E-state index contributed by atoms with van der Waals surface area (Å²) in [6.45, 7) is 1.000. The number of nitrogens with one attached hydrogen (secondary N) is 2. The summed E-state index contributed by atoms with van der Waals surface area (Å²) in [5.74, 6) is 1.91. The van der Waals surface area contributed by atoms with Gasteiger partial charge >= 0.3 is 0 Å². The lowest BCUT2D eigenvalue weighted by Crippen LogP contribution is -2.21. The third-order valence-corrected chi connectivity index (χ3v) is 3.75. The molecule has 0 bridgehead atoms. The summed E-state index contributed by atoms with van der Waals surface area (Å²) in [5.41, 5.74) is 0.759. The first-order valence-electron chi connectivity index (χ1n) is 6.54. The van der Waals surface area contributed by atoms with E-state index in [9.17, 15) is 4.79 Å². The molecule has 1 aliphatic heterocycles. The molecule has 1 unspecified atom stereocenters. The van der Waals surface area contributed by atoms with Crippen molar-refractivity contribution in [1.29, 1.82) is 0 Å². The molecule has 6 nitrogen and oxygen atoms in total. The Morgan fingerprint density at radius 3 is 2.89 bits per heavy atom. The molecule has 0 radical (unpaired) electrons. The predicted molar refractivity (Wildman–Crippen MR) is 65.6 cm³/mol. The lowest BCUT2D eigenvalue weighted by molar-refractivity contribution is 0.624. The molecular weight excluding hydrogens is 230 g/mol. The summed E-state index contributed by atoms with van der Waals surface area (Å²) < 4.78 is 1.45. The maximum Gasteiger partial charge on any atom is 0.274 e. The molecule has 4 rings (SSSR count). The molecule has 1 aliphatic carbocycles.